The summed E-state index contributed by atoms with van der Waals surface area (Å²) < 4.78 is 6.17. The number of carbonyl (C=O) groups is 1. The Balaban J connectivity index is 2.31. The molecule has 0 amide bonds. The molecule has 0 atom stereocenters. The standard InChI is InChI=1S/C13H12BrNO3/c1-7-5-9(14)6-8(2)12(7)15-11-4-3-10(18-11)13(16)17/h3-6,15H,1-2H3,(H,16,17). The number of benzene rings is 1. The highest BCUT2D eigenvalue weighted by molar-refractivity contribution is 9.10. The summed E-state index contributed by atoms with van der Waals surface area (Å²) in [6.45, 7) is 3.95. The van der Waals surface area contributed by atoms with Gasteiger partial charge in [0, 0.05) is 16.2 Å². The van der Waals surface area contributed by atoms with Crippen molar-refractivity contribution in [3.05, 3.63) is 45.6 Å². The fraction of sp³-hybridized carbons (Fsp3) is 0.154. The van der Waals surface area contributed by atoms with Crippen LogP contribution in [0, 0.1) is 13.8 Å². The maximum atomic E-state index is 10.7. The van der Waals surface area contributed by atoms with E-state index in [0.717, 1.165) is 21.3 Å². The van der Waals surface area contributed by atoms with Crippen molar-refractivity contribution in [3.63, 3.8) is 0 Å². The Morgan fingerprint density at radius 2 is 1.89 bits per heavy atom. The smallest absolute Gasteiger partial charge is 0.371 e. The third kappa shape index (κ3) is 2.56. The predicted octanol–water partition coefficient (Wildman–Crippen LogP) is 4.10. The molecular formula is C13H12BrNO3. The van der Waals surface area contributed by atoms with Crippen LogP contribution >= 0.6 is 15.9 Å². The van der Waals surface area contributed by atoms with Gasteiger partial charge in [0.25, 0.3) is 0 Å². The largest absolute Gasteiger partial charge is 0.475 e. The normalized spacial score (nSPS) is 10.4. The zero-order valence-corrected chi connectivity index (χ0v) is 11.5. The molecule has 2 N–H and O–H groups in total. The molecular weight excluding hydrogens is 298 g/mol. The second-order valence-corrected chi connectivity index (χ2v) is 4.92. The topological polar surface area (TPSA) is 62.5 Å². The number of carboxylic acids is 1. The molecule has 1 aromatic heterocycles. The first kappa shape index (κ1) is 12.7. The van der Waals surface area contributed by atoms with Crippen LogP contribution < -0.4 is 5.32 Å². The number of nitrogens with one attached hydrogen (secondary N) is 1. The zero-order chi connectivity index (χ0) is 13.3. The maximum Gasteiger partial charge on any atom is 0.371 e. The van der Waals surface area contributed by atoms with E-state index >= 15 is 0 Å². The minimum Gasteiger partial charge on any atom is -0.475 e. The number of furan rings is 1. The lowest BCUT2D eigenvalue weighted by Crippen LogP contribution is -1.96. The van der Waals surface area contributed by atoms with E-state index in [1.165, 1.54) is 6.07 Å². The maximum absolute atomic E-state index is 10.7. The number of aromatic carboxylic acids is 1. The van der Waals surface area contributed by atoms with E-state index in [0.29, 0.717) is 5.88 Å². The third-order valence-corrected chi connectivity index (χ3v) is 3.02. The molecule has 0 saturated carbocycles. The van der Waals surface area contributed by atoms with Crippen LogP contribution in [0.1, 0.15) is 21.7 Å². The lowest BCUT2D eigenvalue weighted by Gasteiger charge is -2.11. The first-order valence-electron chi connectivity index (χ1n) is 5.34. The minimum atomic E-state index is -1.08. The summed E-state index contributed by atoms with van der Waals surface area (Å²) in [6, 6.07) is 6.99. The summed E-state index contributed by atoms with van der Waals surface area (Å²) in [5, 5.41) is 11.9. The van der Waals surface area contributed by atoms with Gasteiger partial charge < -0.3 is 14.8 Å². The minimum absolute atomic E-state index is 0.0788. The van der Waals surface area contributed by atoms with Crippen LogP contribution in [0.5, 0.6) is 0 Å². The van der Waals surface area contributed by atoms with Gasteiger partial charge in [0.05, 0.1) is 0 Å². The molecule has 1 aromatic carbocycles. The molecule has 0 unspecified atom stereocenters. The number of halogens is 1. The lowest BCUT2D eigenvalue weighted by molar-refractivity contribution is 0.0663. The summed E-state index contributed by atoms with van der Waals surface area (Å²) in [5.41, 5.74) is 3.02. The average Bonchev–Trinajstić information content (AvgIpc) is 2.71. The number of carboxylic acid groups (broad SMARTS) is 1. The lowest BCUT2D eigenvalue weighted by atomic mass is 10.1. The van der Waals surface area contributed by atoms with Gasteiger partial charge in [-0.2, -0.15) is 0 Å². The number of hydrogen-bond donors (Lipinski definition) is 2. The molecule has 0 spiro atoms. The van der Waals surface area contributed by atoms with Crippen LogP contribution in [-0.2, 0) is 0 Å². The molecule has 0 radical (unpaired) electrons. The van der Waals surface area contributed by atoms with Crippen molar-refractivity contribution < 1.29 is 14.3 Å². The van der Waals surface area contributed by atoms with Crippen molar-refractivity contribution in [2.24, 2.45) is 0 Å². The van der Waals surface area contributed by atoms with Crippen molar-refractivity contribution in [1.29, 1.82) is 0 Å². The summed E-state index contributed by atoms with van der Waals surface area (Å²) in [6.07, 6.45) is 0. The number of rotatable bonds is 3. The van der Waals surface area contributed by atoms with Crippen LogP contribution in [0.4, 0.5) is 11.6 Å². The molecule has 0 fully saturated rings. The SMILES string of the molecule is Cc1cc(Br)cc(C)c1Nc1ccc(C(=O)O)o1. The number of anilines is 2. The van der Waals surface area contributed by atoms with Gasteiger partial charge in [-0.25, -0.2) is 4.79 Å². The van der Waals surface area contributed by atoms with E-state index in [-0.39, 0.29) is 5.76 Å². The van der Waals surface area contributed by atoms with Crippen molar-refractivity contribution in [2.75, 3.05) is 5.32 Å². The molecule has 5 heteroatoms. The highest BCUT2D eigenvalue weighted by Gasteiger charge is 2.11. The molecule has 94 valence electrons. The average molecular weight is 310 g/mol. The van der Waals surface area contributed by atoms with Gasteiger partial charge >= 0.3 is 5.97 Å². The molecule has 1 heterocycles. The van der Waals surface area contributed by atoms with Crippen LogP contribution in [0.2, 0.25) is 0 Å². The van der Waals surface area contributed by atoms with Crippen LogP contribution in [0.25, 0.3) is 0 Å². The van der Waals surface area contributed by atoms with E-state index in [2.05, 4.69) is 21.2 Å². The molecule has 0 bridgehead atoms. The summed E-state index contributed by atoms with van der Waals surface area (Å²) in [7, 11) is 0. The van der Waals surface area contributed by atoms with E-state index in [9.17, 15) is 4.79 Å². The number of aryl methyl sites for hydroxylation is 2. The molecule has 0 aliphatic heterocycles. The highest BCUT2D eigenvalue weighted by Crippen LogP contribution is 2.28. The molecule has 0 saturated heterocycles. The van der Waals surface area contributed by atoms with E-state index < -0.39 is 5.97 Å². The van der Waals surface area contributed by atoms with E-state index in [1.807, 2.05) is 26.0 Å². The van der Waals surface area contributed by atoms with Gasteiger partial charge in [-0.15, -0.1) is 0 Å². The Kier molecular flexibility index (Phi) is 3.43. The Bertz CT molecular complexity index is 581. The number of hydrogen-bond acceptors (Lipinski definition) is 3. The van der Waals surface area contributed by atoms with Crippen molar-refractivity contribution in [1.82, 2.24) is 0 Å². The fourth-order valence-electron chi connectivity index (χ4n) is 1.75. The first-order valence-corrected chi connectivity index (χ1v) is 6.13. The second-order valence-electron chi connectivity index (χ2n) is 4.01. The molecule has 4 nitrogen and oxygen atoms in total. The van der Waals surface area contributed by atoms with Crippen molar-refractivity contribution >= 4 is 33.5 Å². The second kappa shape index (κ2) is 4.86. The van der Waals surface area contributed by atoms with Gasteiger partial charge in [0.2, 0.25) is 5.76 Å². The van der Waals surface area contributed by atoms with Gasteiger partial charge in [0.1, 0.15) is 0 Å². The highest BCUT2D eigenvalue weighted by atomic mass is 79.9. The monoisotopic (exact) mass is 309 g/mol. The Hall–Kier alpha value is -1.75. The van der Waals surface area contributed by atoms with Crippen LogP contribution in [0.15, 0.2) is 33.2 Å². The van der Waals surface area contributed by atoms with E-state index in [1.54, 1.807) is 6.07 Å². The quantitative estimate of drug-likeness (QED) is 0.896. The summed E-state index contributed by atoms with van der Waals surface area (Å²) in [5.74, 6) is -0.738. The zero-order valence-electron chi connectivity index (χ0n) is 9.95. The predicted molar refractivity (Wildman–Crippen MR) is 72.6 cm³/mol. The van der Waals surface area contributed by atoms with Gasteiger partial charge in [-0.1, -0.05) is 15.9 Å². The fourth-order valence-corrected chi connectivity index (χ4v) is 2.44. The Morgan fingerprint density at radius 1 is 1.28 bits per heavy atom. The van der Waals surface area contributed by atoms with Crippen LogP contribution in [0.3, 0.4) is 0 Å². The molecule has 2 rings (SSSR count). The van der Waals surface area contributed by atoms with Gasteiger partial charge in [0.15, 0.2) is 5.88 Å². The van der Waals surface area contributed by atoms with Gasteiger partial charge in [-0.3, -0.25) is 0 Å². The van der Waals surface area contributed by atoms with Crippen LogP contribution in [-0.4, -0.2) is 11.1 Å². The summed E-state index contributed by atoms with van der Waals surface area (Å²) >= 11 is 3.43. The van der Waals surface area contributed by atoms with E-state index in [4.69, 9.17) is 9.52 Å². The first-order chi connectivity index (χ1) is 8.47. The molecule has 0 aliphatic rings. The Morgan fingerprint density at radius 3 is 2.39 bits per heavy atom. The molecule has 0 aliphatic carbocycles. The van der Waals surface area contributed by atoms with Crippen molar-refractivity contribution in [2.45, 2.75) is 13.8 Å². The molecule has 18 heavy (non-hydrogen) atoms. The molecule has 2 aromatic rings. The Labute approximate surface area is 113 Å². The van der Waals surface area contributed by atoms with Gasteiger partial charge in [-0.05, 0) is 43.2 Å². The third-order valence-electron chi connectivity index (χ3n) is 2.56. The summed E-state index contributed by atoms with van der Waals surface area (Å²) in [4.78, 5) is 10.7. The van der Waals surface area contributed by atoms with Crippen molar-refractivity contribution in [3.8, 4) is 0 Å².